The molecule has 0 spiro atoms. The fourth-order valence-electron chi connectivity index (χ4n) is 2.76. The number of aliphatic hydroxyl groups is 1. The van der Waals surface area contributed by atoms with E-state index in [0.29, 0.717) is 11.6 Å². The Hall–Kier alpha value is -2.49. The molecular weight excluding hydrogens is 382 g/mol. The number of aromatic nitrogens is 5. The van der Waals surface area contributed by atoms with Gasteiger partial charge in [-0.2, -0.15) is 5.10 Å². The third kappa shape index (κ3) is 3.80. The summed E-state index contributed by atoms with van der Waals surface area (Å²) in [7, 11) is 0. The summed E-state index contributed by atoms with van der Waals surface area (Å²) in [4.78, 5) is 14.3. The zero-order valence-corrected chi connectivity index (χ0v) is 16.1. The van der Waals surface area contributed by atoms with E-state index in [9.17, 15) is 4.79 Å². The summed E-state index contributed by atoms with van der Waals surface area (Å²) < 4.78 is 2.65. The van der Waals surface area contributed by atoms with Gasteiger partial charge in [0.1, 0.15) is 5.03 Å². The van der Waals surface area contributed by atoms with Gasteiger partial charge in [-0.15, -0.1) is 22.0 Å². The lowest BCUT2D eigenvalue weighted by atomic mass is 9.98. The summed E-state index contributed by atoms with van der Waals surface area (Å²) in [6.45, 7) is 2.20. The van der Waals surface area contributed by atoms with Gasteiger partial charge in [-0.1, -0.05) is 24.3 Å². The van der Waals surface area contributed by atoms with Crippen molar-refractivity contribution < 1.29 is 5.11 Å². The normalized spacial score (nSPS) is 12.5. The van der Waals surface area contributed by atoms with Crippen LogP contribution < -0.4 is 4.87 Å². The molecule has 1 aromatic carbocycles. The molecule has 27 heavy (non-hydrogen) atoms. The van der Waals surface area contributed by atoms with Crippen LogP contribution in [0.5, 0.6) is 0 Å². The fraction of sp³-hybridized carbons (Fsp3) is 0.222. The number of H-pyrrole nitrogens is 1. The molecule has 7 nitrogen and oxygen atoms in total. The molecule has 4 rings (SSSR count). The molecule has 4 aromatic rings. The SMILES string of the molecule is CC(c1ccc2[nH]c(=O)sc2c1)c1ccn(-c2ccc(SCCO)nn2)n1. The monoisotopic (exact) mass is 399 g/mol. The van der Waals surface area contributed by atoms with E-state index in [1.54, 1.807) is 4.68 Å². The number of rotatable bonds is 6. The third-order valence-electron chi connectivity index (χ3n) is 4.20. The molecule has 3 aromatic heterocycles. The minimum absolute atomic E-state index is 0.0433. The number of aliphatic hydroxyl groups excluding tert-OH is 1. The zero-order valence-electron chi connectivity index (χ0n) is 14.5. The Morgan fingerprint density at radius 2 is 2.15 bits per heavy atom. The van der Waals surface area contributed by atoms with E-state index in [1.807, 2.05) is 42.6 Å². The van der Waals surface area contributed by atoms with Gasteiger partial charge in [0.15, 0.2) is 5.82 Å². The van der Waals surface area contributed by atoms with Crippen LogP contribution in [0.4, 0.5) is 0 Å². The predicted octanol–water partition coefficient (Wildman–Crippen LogP) is 2.80. The van der Waals surface area contributed by atoms with Gasteiger partial charge in [-0.3, -0.25) is 4.79 Å². The summed E-state index contributed by atoms with van der Waals surface area (Å²) in [5.41, 5.74) is 2.88. The first-order valence-electron chi connectivity index (χ1n) is 8.40. The maximum atomic E-state index is 11.5. The second-order valence-corrected chi connectivity index (χ2v) is 8.11. The fourth-order valence-corrected chi connectivity index (χ4v) is 4.11. The molecule has 3 heterocycles. The van der Waals surface area contributed by atoms with Crippen molar-refractivity contribution in [2.75, 3.05) is 12.4 Å². The number of nitrogens with one attached hydrogen (secondary N) is 1. The molecule has 0 saturated carbocycles. The Kier molecular flexibility index (Phi) is 5.06. The average Bonchev–Trinajstić information content (AvgIpc) is 3.31. The van der Waals surface area contributed by atoms with Crippen LogP contribution in [-0.2, 0) is 0 Å². The molecule has 0 fully saturated rings. The molecule has 2 N–H and O–H groups in total. The summed E-state index contributed by atoms with van der Waals surface area (Å²) in [6.07, 6.45) is 1.86. The van der Waals surface area contributed by atoms with E-state index in [0.717, 1.165) is 26.5 Å². The molecule has 0 aliphatic carbocycles. The molecule has 0 saturated heterocycles. The van der Waals surface area contributed by atoms with Gasteiger partial charge in [-0.05, 0) is 35.9 Å². The third-order valence-corrected chi connectivity index (χ3v) is 5.95. The highest BCUT2D eigenvalue weighted by Gasteiger charge is 2.14. The van der Waals surface area contributed by atoms with Crippen molar-refractivity contribution in [1.29, 1.82) is 0 Å². The van der Waals surface area contributed by atoms with Crippen LogP contribution >= 0.6 is 23.1 Å². The minimum atomic E-state index is -0.0433. The number of fused-ring (bicyclic) bond motifs is 1. The molecule has 1 atom stereocenters. The largest absolute Gasteiger partial charge is 0.396 e. The van der Waals surface area contributed by atoms with Gasteiger partial charge in [-0.25, -0.2) is 4.68 Å². The van der Waals surface area contributed by atoms with Gasteiger partial charge in [0.05, 0.1) is 22.5 Å². The Morgan fingerprint density at radius 1 is 1.26 bits per heavy atom. The van der Waals surface area contributed by atoms with Crippen molar-refractivity contribution in [3.8, 4) is 5.82 Å². The van der Waals surface area contributed by atoms with Crippen molar-refractivity contribution in [1.82, 2.24) is 25.0 Å². The molecule has 0 amide bonds. The number of hydrogen-bond acceptors (Lipinski definition) is 7. The molecule has 0 aliphatic rings. The lowest BCUT2D eigenvalue weighted by Crippen LogP contribution is -2.03. The molecule has 0 bridgehead atoms. The van der Waals surface area contributed by atoms with E-state index < -0.39 is 0 Å². The smallest absolute Gasteiger partial charge is 0.305 e. The lowest BCUT2D eigenvalue weighted by Gasteiger charge is -2.09. The van der Waals surface area contributed by atoms with Crippen molar-refractivity contribution in [3.05, 3.63) is 63.5 Å². The van der Waals surface area contributed by atoms with E-state index in [4.69, 9.17) is 5.11 Å². The average molecular weight is 400 g/mol. The Bertz CT molecular complexity index is 1120. The second kappa shape index (κ2) is 7.63. The summed E-state index contributed by atoms with van der Waals surface area (Å²) in [5.74, 6) is 1.32. The summed E-state index contributed by atoms with van der Waals surface area (Å²) in [6, 6.07) is 11.7. The first kappa shape index (κ1) is 17.9. The number of thioether (sulfide) groups is 1. The van der Waals surface area contributed by atoms with E-state index in [2.05, 4.69) is 27.2 Å². The lowest BCUT2D eigenvalue weighted by molar-refractivity contribution is 0.322. The van der Waals surface area contributed by atoms with Crippen LogP contribution in [0, 0.1) is 0 Å². The van der Waals surface area contributed by atoms with Crippen LogP contribution in [0.3, 0.4) is 0 Å². The first-order valence-corrected chi connectivity index (χ1v) is 10.2. The predicted molar refractivity (Wildman–Crippen MR) is 107 cm³/mol. The highest BCUT2D eigenvalue weighted by atomic mass is 32.2. The van der Waals surface area contributed by atoms with Gasteiger partial charge >= 0.3 is 4.87 Å². The standard InChI is InChI=1S/C18H17N5O2S2/c1-11(12-2-3-14-15(10-12)27-18(25)19-14)13-6-7-23(22-13)16-4-5-17(21-20-16)26-9-8-24/h2-7,10-11,24H,8-9H2,1H3,(H,19,25). The molecular formula is C18H17N5O2S2. The number of hydrogen-bond donors (Lipinski definition) is 2. The van der Waals surface area contributed by atoms with Crippen molar-refractivity contribution >= 4 is 33.3 Å². The second-order valence-electron chi connectivity index (χ2n) is 5.98. The van der Waals surface area contributed by atoms with Gasteiger partial charge < -0.3 is 10.1 Å². The van der Waals surface area contributed by atoms with Crippen molar-refractivity contribution in [2.45, 2.75) is 17.9 Å². The molecule has 138 valence electrons. The molecule has 1 unspecified atom stereocenters. The van der Waals surface area contributed by atoms with E-state index in [-0.39, 0.29) is 17.4 Å². The minimum Gasteiger partial charge on any atom is -0.396 e. The molecule has 0 radical (unpaired) electrons. The quantitative estimate of drug-likeness (QED) is 0.484. The number of benzene rings is 1. The van der Waals surface area contributed by atoms with Crippen LogP contribution in [0.25, 0.3) is 16.0 Å². The number of aromatic amines is 1. The molecule has 0 aliphatic heterocycles. The Balaban J connectivity index is 1.56. The highest BCUT2D eigenvalue weighted by molar-refractivity contribution is 7.99. The maximum absolute atomic E-state index is 11.5. The highest BCUT2D eigenvalue weighted by Crippen LogP contribution is 2.27. The summed E-state index contributed by atoms with van der Waals surface area (Å²) >= 11 is 2.67. The summed E-state index contributed by atoms with van der Waals surface area (Å²) in [5, 5.41) is 22.6. The van der Waals surface area contributed by atoms with Crippen LogP contribution in [0.1, 0.15) is 24.1 Å². The van der Waals surface area contributed by atoms with Gasteiger partial charge in [0, 0.05) is 17.9 Å². The molecule has 9 heteroatoms. The Morgan fingerprint density at radius 3 is 2.93 bits per heavy atom. The van der Waals surface area contributed by atoms with Crippen LogP contribution in [0.15, 0.2) is 52.4 Å². The zero-order chi connectivity index (χ0) is 18.8. The maximum Gasteiger partial charge on any atom is 0.305 e. The van der Waals surface area contributed by atoms with Crippen LogP contribution in [-0.4, -0.2) is 42.4 Å². The van der Waals surface area contributed by atoms with Gasteiger partial charge in [0.2, 0.25) is 0 Å². The topological polar surface area (TPSA) is 96.7 Å². The van der Waals surface area contributed by atoms with Gasteiger partial charge in [0.25, 0.3) is 0 Å². The number of thiazole rings is 1. The number of nitrogens with zero attached hydrogens (tertiary/aromatic N) is 4. The van der Waals surface area contributed by atoms with Crippen molar-refractivity contribution in [2.24, 2.45) is 0 Å². The van der Waals surface area contributed by atoms with Crippen LogP contribution in [0.2, 0.25) is 0 Å². The van der Waals surface area contributed by atoms with Crippen molar-refractivity contribution in [3.63, 3.8) is 0 Å². The Labute approximate surface area is 163 Å². The van der Waals surface area contributed by atoms with E-state index in [1.165, 1.54) is 23.1 Å². The first-order chi connectivity index (χ1) is 13.1. The van der Waals surface area contributed by atoms with E-state index >= 15 is 0 Å².